The van der Waals surface area contributed by atoms with Gasteiger partial charge in [0.1, 0.15) is 0 Å². The maximum atomic E-state index is 5.18. The van der Waals surface area contributed by atoms with E-state index in [1.54, 1.807) is 7.11 Å². The predicted molar refractivity (Wildman–Crippen MR) is 93.0 cm³/mol. The average Bonchev–Trinajstić information content (AvgIpc) is 2.74. The zero-order chi connectivity index (χ0) is 15.9. The summed E-state index contributed by atoms with van der Waals surface area (Å²) < 4.78 is 5.18. The van der Waals surface area contributed by atoms with Gasteiger partial charge in [-0.2, -0.15) is 0 Å². The summed E-state index contributed by atoms with van der Waals surface area (Å²) in [5.41, 5.74) is 1.58. The first-order valence-electron chi connectivity index (χ1n) is 7.51. The standard InChI is InChI=1S/C17H30N2OS/c1-7-8-19(9-10-20-6)13-15-11-16(21-14(15)2)12-18-17(3,4)5/h7,11,18H,1,8-10,12-13H2,2-6H3. The molecule has 0 amide bonds. The summed E-state index contributed by atoms with van der Waals surface area (Å²) in [5, 5.41) is 3.55. The van der Waals surface area contributed by atoms with Gasteiger partial charge >= 0.3 is 0 Å². The number of thiophene rings is 1. The normalized spacial score (nSPS) is 12.1. The molecule has 0 aliphatic rings. The molecule has 4 heteroatoms. The Morgan fingerprint density at radius 1 is 1.43 bits per heavy atom. The molecule has 0 fully saturated rings. The minimum absolute atomic E-state index is 0.158. The van der Waals surface area contributed by atoms with Crippen molar-refractivity contribution >= 4 is 11.3 Å². The largest absolute Gasteiger partial charge is 0.383 e. The molecular weight excluding hydrogens is 280 g/mol. The molecule has 0 spiro atoms. The van der Waals surface area contributed by atoms with Crippen molar-refractivity contribution < 1.29 is 4.74 Å². The average molecular weight is 311 g/mol. The first-order valence-corrected chi connectivity index (χ1v) is 8.32. The van der Waals surface area contributed by atoms with E-state index in [4.69, 9.17) is 4.74 Å². The molecule has 1 heterocycles. The fraction of sp³-hybridized carbons (Fsp3) is 0.647. The Balaban J connectivity index is 2.65. The summed E-state index contributed by atoms with van der Waals surface area (Å²) >= 11 is 1.89. The molecule has 3 nitrogen and oxygen atoms in total. The number of aryl methyl sites for hydroxylation is 1. The van der Waals surface area contributed by atoms with Gasteiger partial charge in [0.05, 0.1) is 6.61 Å². The summed E-state index contributed by atoms with van der Waals surface area (Å²) in [6.07, 6.45) is 1.96. The summed E-state index contributed by atoms with van der Waals surface area (Å²) in [5.74, 6) is 0. The summed E-state index contributed by atoms with van der Waals surface area (Å²) in [7, 11) is 1.75. The van der Waals surface area contributed by atoms with Crippen molar-refractivity contribution in [3.05, 3.63) is 34.0 Å². The van der Waals surface area contributed by atoms with Gasteiger partial charge < -0.3 is 10.1 Å². The molecule has 0 saturated heterocycles. The van der Waals surface area contributed by atoms with Crippen LogP contribution in [-0.2, 0) is 17.8 Å². The van der Waals surface area contributed by atoms with Crippen LogP contribution in [0, 0.1) is 6.92 Å². The van der Waals surface area contributed by atoms with Crippen LogP contribution in [0.2, 0.25) is 0 Å². The highest BCUT2D eigenvalue weighted by molar-refractivity contribution is 7.12. The van der Waals surface area contributed by atoms with Crippen molar-refractivity contribution in [3.63, 3.8) is 0 Å². The first-order chi connectivity index (χ1) is 9.85. The van der Waals surface area contributed by atoms with Gasteiger partial charge in [-0.1, -0.05) is 6.08 Å². The highest BCUT2D eigenvalue weighted by Crippen LogP contribution is 2.23. The Labute approximate surface area is 134 Å². The van der Waals surface area contributed by atoms with Gasteiger partial charge in [0.2, 0.25) is 0 Å². The van der Waals surface area contributed by atoms with E-state index in [0.29, 0.717) is 0 Å². The molecule has 120 valence electrons. The minimum atomic E-state index is 0.158. The molecule has 1 N–H and O–H groups in total. The third kappa shape index (κ3) is 7.23. The van der Waals surface area contributed by atoms with Crippen LogP contribution in [0.25, 0.3) is 0 Å². The van der Waals surface area contributed by atoms with Crippen molar-refractivity contribution in [1.29, 1.82) is 0 Å². The Morgan fingerprint density at radius 3 is 2.71 bits per heavy atom. The Morgan fingerprint density at radius 2 is 2.14 bits per heavy atom. The topological polar surface area (TPSA) is 24.5 Å². The highest BCUT2D eigenvalue weighted by Gasteiger charge is 2.13. The van der Waals surface area contributed by atoms with Gasteiger partial charge in [0, 0.05) is 48.6 Å². The smallest absolute Gasteiger partial charge is 0.0589 e. The second kappa shape index (κ2) is 8.69. The lowest BCUT2D eigenvalue weighted by molar-refractivity contribution is 0.151. The van der Waals surface area contributed by atoms with E-state index in [9.17, 15) is 0 Å². The number of hydrogen-bond acceptors (Lipinski definition) is 4. The number of methoxy groups -OCH3 is 1. The maximum absolute atomic E-state index is 5.18. The van der Waals surface area contributed by atoms with Crippen LogP contribution in [0.5, 0.6) is 0 Å². The molecule has 1 rings (SSSR count). The van der Waals surface area contributed by atoms with Crippen LogP contribution in [0.15, 0.2) is 18.7 Å². The lowest BCUT2D eigenvalue weighted by Crippen LogP contribution is -2.34. The number of hydrogen-bond donors (Lipinski definition) is 1. The molecule has 0 aromatic carbocycles. The zero-order valence-electron chi connectivity index (χ0n) is 14.2. The first kappa shape index (κ1) is 18.4. The number of nitrogens with zero attached hydrogens (tertiary/aromatic N) is 1. The fourth-order valence-corrected chi connectivity index (χ4v) is 3.06. The highest BCUT2D eigenvalue weighted by atomic mass is 32.1. The quantitative estimate of drug-likeness (QED) is 0.706. The Bertz CT molecular complexity index is 434. The molecule has 1 aromatic rings. The third-order valence-electron chi connectivity index (χ3n) is 3.26. The Hall–Kier alpha value is -0.680. The van der Waals surface area contributed by atoms with E-state index < -0.39 is 0 Å². The van der Waals surface area contributed by atoms with E-state index in [2.05, 4.69) is 50.6 Å². The van der Waals surface area contributed by atoms with Crippen molar-refractivity contribution in [1.82, 2.24) is 10.2 Å². The monoisotopic (exact) mass is 310 g/mol. The molecule has 0 saturated carbocycles. The third-order valence-corrected chi connectivity index (χ3v) is 4.35. The van der Waals surface area contributed by atoms with Gasteiger partial charge in [-0.15, -0.1) is 17.9 Å². The van der Waals surface area contributed by atoms with Gasteiger partial charge in [-0.25, -0.2) is 0 Å². The van der Waals surface area contributed by atoms with Crippen LogP contribution < -0.4 is 5.32 Å². The van der Waals surface area contributed by atoms with Crippen LogP contribution >= 0.6 is 11.3 Å². The summed E-state index contributed by atoms with van der Waals surface area (Å²) in [6.45, 7) is 17.2. The number of nitrogens with one attached hydrogen (secondary N) is 1. The van der Waals surface area contributed by atoms with E-state index in [-0.39, 0.29) is 5.54 Å². The molecule has 0 atom stereocenters. The van der Waals surface area contributed by atoms with E-state index in [0.717, 1.165) is 32.8 Å². The van der Waals surface area contributed by atoms with Gasteiger partial charge in [-0.05, 0) is 39.3 Å². The van der Waals surface area contributed by atoms with Crippen molar-refractivity contribution in [2.75, 3.05) is 26.8 Å². The molecule has 0 aliphatic carbocycles. The van der Waals surface area contributed by atoms with Crippen LogP contribution in [0.4, 0.5) is 0 Å². The number of ether oxygens (including phenoxy) is 1. The fourth-order valence-electron chi connectivity index (χ4n) is 2.06. The van der Waals surface area contributed by atoms with Gasteiger partial charge in [0.25, 0.3) is 0 Å². The second-order valence-electron chi connectivity index (χ2n) is 6.41. The molecule has 0 radical (unpaired) electrons. The van der Waals surface area contributed by atoms with Crippen LogP contribution in [0.3, 0.4) is 0 Å². The van der Waals surface area contributed by atoms with E-state index in [1.165, 1.54) is 15.3 Å². The lowest BCUT2D eigenvalue weighted by atomic mass is 10.1. The molecular formula is C17H30N2OS. The van der Waals surface area contributed by atoms with E-state index >= 15 is 0 Å². The minimum Gasteiger partial charge on any atom is -0.383 e. The summed E-state index contributed by atoms with van der Waals surface area (Å²) in [4.78, 5) is 5.18. The van der Waals surface area contributed by atoms with Crippen molar-refractivity contribution in [2.24, 2.45) is 0 Å². The van der Waals surface area contributed by atoms with Gasteiger partial charge in [0.15, 0.2) is 0 Å². The van der Waals surface area contributed by atoms with Crippen molar-refractivity contribution in [3.8, 4) is 0 Å². The number of rotatable bonds is 9. The van der Waals surface area contributed by atoms with Crippen LogP contribution in [0.1, 0.15) is 36.1 Å². The van der Waals surface area contributed by atoms with Gasteiger partial charge in [-0.3, -0.25) is 4.90 Å². The molecule has 21 heavy (non-hydrogen) atoms. The SMILES string of the molecule is C=CCN(CCOC)Cc1cc(CNC(C)(C)C)sc1C. The molecule has 0 bridgehead atoms. The maximum Gasteiger partial charge on any atom is 0.0589 e. The molecule has 0 unspecified atom stereocenters. The predicted octanol–water partition coefficient (Wildman–Crippen LogP) is 3.58. The second-order valence-corrected chi connectivity index (χ2v) is 7.76. The Kier molecular flexibility index (Phi) is 7.60. The zero-order valence-corrected chi connectivity index (χ0v) is 15.0. The molecule has 0 aliphatic heterocycles. The van der Waals surface area contributed by atoms with Crippen LogP contribution in [-0.4, -0.2) is 37.2 Å². The lowest BCUT2D eigenvalue weighted by Gasteiger charge is -2.20. The summed E-state index contributed by atoms with van der Waals surface area (Å²) in [6, 6.07) is 2.33. The van der Waals surface area contributed by atoms with Crippen molar-refractivity contribution in [2.45, 2.75) is 46.3 Å². The molecule has 1 aromatic heterocycles. The van der Waals surface area contributed by atoms with E-state index in [1.807, 2.05) is 17.4 Å².